The fourth-order valence-electron chi connectivity index (χ4n) is 4.34. The van der Waals surface area contributed by atoms with Crippen molar-refractivity contribution in [2.45, 2.75) is 71.6 Å². The number of likely N-dealkylation sites (tertiary alicyclic amines) is 1. The first-order valence-corrected chi connectivity index (χ1v) is 11.3. The molecule has 0 radical (unpaired) electrons. The lowest BCUT2D eigenvalue weighted by Gasteiger charge is -2.36. The molecule has 2 atom stereocenters. The second-order valence-electron chi connectivity index (χ2n) is 8.59. The van der Waals surface area contributed by atoms with Gasteiger partial charge in [0.15, 0.2) is 17.5 Å². The number of amides is 1. The summed E-state index contributed by atoms with van der Waals surface area (Å²) in [5, 5.41) is 5.00. The number of hydrogen-bond donors (Lipinski definition) is 0. The van der Waals surface area contributed by atoms with Crippen LogP contribution in [0.3, 0.4) is 0 Å². The van der Waals surface area contributed by atoms with Gasteiger partial charge >= 0.3 is 5.97 Å². The Balaban J connectivity index is 1.65. The number of nitrogens with zero attached hydrogens (tertiary/aromatic N) is 4. The SMILES string of the molecule is CCC1CCCCN1C(=O)C(C)OC(=O)c1cc(-c2ccco2)nc2c1cnn2C(C)C. The molecule has 3 aromatic rings. The van der Waals surface area contributed by atoms with Crippen LogP contribution < -0.4 is 0 Å². The summed E-state index contributed by atoms with van der Waals surface area (Å²) in [6.07, 6.45) is 6.31. The van der Waals surface area contributed by atoms with E-state index in [0.717, 1.165) is 25.7 Å². The molecule has 1 fully saturated rings. The number of ether oxygens (including phenoxy) is 1. The van der Waals surface area contributed by atoms with E-state index >= 15 is 0 Å². The molecule has 8 nitrogen and oxygen atoms in total. The molecule has 0 N–H and O–H groups in total. The number of aromatic nitrogens is 3. The lowest BCUT2D eigenvalue weighted by Crippen LogP contribution is -2.48. The van der Waals surface area contributed by atoms with E-state index in [1.165, 1.54) is 0 Å². The molecule has 170 valence electrons. The topological polar surface area (TPSA) is 90.5 Å². The number of carbonyl (C=O) groups is 2. The first kappa shape index (κ1) is 22.0. The van der Waals surface area contributed by atoms with Crippen LogP contribution in [-0.2, 0) is 9.53 Å². The minimum absolute atomic E-state index is 0.0568. The zero-order chi connectivity index (χ0) is 22.8. The molecule has 1 amide bonds. The van der Waals surface area contributed by atoms with E-state index in [-0.39, 0.29) is 18.0 Å². The smallest absolute Gasteiger partial charge is 0.339 e. The van der Waals surface area contributed by atoms with Crippen LogP contribution >= 0.6 is 0 Å². The molecule has 32 heavy (non-hydrogen) atoms. The highest BCUT2D eigenvalue weighted by Crippen LogP contribution is 2.28. The van der Waals surface area contributed by atoms with Crippen LogP contribution in [0, 0.1) is 0 Å². The predicted octanol–water partition coefficient (Wildman–Crippen LogP) is 4.61. The van der Waals surface area contributed by atoms with Crippen LogP contribution in [0.5, 0.6) is 0 Å². The molecule has 0 spiro atoms. The maximum absolute atomic E-state index is 13.2. The summed E-state index contributed by atoms with van der Waals surface area (Å²) in [7, 11) is 0. The molecule has 1 saturated heterocycles. The van der Waals surface area contributed by atoms with Gasteiger partial charge in [-0.15, -0.1) is 0 Å². The van der Waals surface area contributed by atoms with Crippen LogP contribution in [-0.4, -0.2) is 50.2 Å². The number of hydrogen-bond acceptors (Lipinski definition) is 6. The fourth-order valence-corrected chi connectivity index (χ4v) is 4.34. The van der Waals surface area contributed by atoms with E-state index in [1.54, 1.807) is 42.3 Å². The average molecular weight is 439 g/mol. The summed E-state index contributed by atoms with van der Waals surface area (Å²) in [6.45, 7) is 8.43. The Morgan fingerprint density at radius 3 is 2.78 bits per heavy atom. The normalized spacial score (nSPS) is 17.7. The zero-order valence-electron chi connectivity index (χ0n) is 19.1. The Morgan fingerprint density at radius 2 is 2.09 bits per heavy atom. The molecule has 4 rings (SSSR count). The van der Waals surface area contributed by atoms with Crippen molar-refractivity contribution in [3.8, 4) is 11.5 Å². The van der Waals surface area contributed by atoms with Crippen molar-refractivity contribution in [1.82, 2.24) is 19.7 Å². The fraction of sp³-hybridized carbons (Fsp3) is 0.500. The van der Waals surface area contributed by atoms with Gasteiger partial charge in [-0.1, -0.05) is 6.92 Å². The highest BCUT2D eigenvalue weighted by molar-refractivity contribution is 6.04. The third-order valence-electron chi connectivity index (χ3n) is 6.06. The highest BCUT2D eigenvalue weighted by atomic mass is 16.5. The summed E-state index contributed by atoms with van der Waals surface area (Å²) in [6, 6.07) is 5.46. The number of carbonyl (C=O) groups excluding carboxylic acids is 2. The molecular weight excluding hydrogens is 408 g/mol. The Kier molecular flexibility index (Phi) is 6.30. The van der Waals surface area contributed by atoms with Crippen molar-refractivity contribution in [3.63, 3.8) is 0 Å². The summed E-state index contributed by atoms with van der Waals surface area (Å²) >= 11 is 0. The lowest BCUT2D eigenvalue weighted by molar-refractivity contribution is -0.143. The Labute approximate surface area is 187 Å². The summed E-state index contributed by atoms with van der Waals surface area (Å²) in [5.41, 5.74) is 1.40. The van der Waals surface area contributed by atoms with Gasteiger partial charge in [-0.3, -0.25) is 4.79 Å². The van der Waals surface area contributed by atoms with Gasteiger partial charge in [0.25, 0.3) is 5.91 Å². The van der Waals surface area contributed by atoms with Gasteiger partial charge in [0.2, 0.25) is 0 Å². The molecule has 2 unspecified atom stereocenters. The standard InChI is InChI=1S/C24H30N4O4/c1-5-17-9-6-7-11-27(17)23(29)16(4)32-24(30)18-13-20(21-10-8-12-31-21)26-22-19(18)14-25-28(22)15(2)3/h8,10,12-17H,5-7,9,11H2,1-4H3. The van der Waals surface area contributed by atoms with E-state index in [9.17, 15) is 9.59 Å². The monoisotopic (exact) mass is 438 g/mol. The minimum atomic E-state index is -0.870. The van der Waals surface area contributed by atoms with Gasteiger partial charge in [-0.05, 0) is 64.7 Å². The Bertz CT molecular complexity index is 1100. The maximum Gasteiger partial charge on any atom is 0.339 e. The minimum Gasteiger partial charge on any atom is -0.463 e. The molecule has 0 aliphatic carbocycles. The quantitative estimate of drug-likeness (QED) is 0.522. The van der Waals surface area contributed by atoms with Crippen molar-refractivity contribution in [2.24, 2.45) is 0 Å². The van der Waals surface area contributed by atoms with Gasteiger partial charge in [0, 0.05) is 18.6 Å². The van der Waals surface area contributed by atoms with Crippen molar-refractivity contribution >= 4 is 22.9 Å². The maximum atomic E-state index is 13.2. The van der Waals surface area contributed by atoms with Gasteiger partial charge < -0.3 is 14.1 Å². The van der Waals surface area contributed by atoms with Crippen LogP contribution in [0.4, 0.5) is 0 Å². The molecule has 0 bridgehead atoms. The molecule has 0 saturated carbocycles. The van der Waals surface area contributed by atoms with Crippen LogP contribution in [0.25, 0.3) is 22.5 Å². The van der Waals surface area contributed by atoms with Crippen LogP contribution in [0.1, 0.15) is 69.8 Å². The number of esters is 1. The van der Waals surface area contributed by atoms with Crippen LogP contribution in [0.15, 0.2) is 35.1 Å². The number of fused-ring (bicyclic) bond motifs is 1. The predicted molar refractivity (Wildman–Crippen MR) is 120 cm³/mol. The van der Waals surface area contributed by atoms with Crippen molar-refractivity contribution < 1.29 is 18.7 Å². The van der Waals surface area contributed by atoms with Gasteiger partial charge in [0.1, 0.15) is 5.69 Å². The average Bonchev–Trinajstić information content (AvgIpc) is 3.47. The second kappa shape index (κ2) is 9.14. The number of furan rings is 1. The molecule has 1 aliphatic heterocycles. The van der Waals surface area contributed by atoms with Gasteiger partial charge in [0.05, 0.1) is 23.4 Å². The molecule has 0 aromatic carbocycles. The van der Waals surface area contributed by atoms with Crippen molar-refractivity contribution in [2.75, 3.05) is 6.54 Å². The lowest BCUT2D eigenvalue weighted by atomic mass is 9.99. The Hall–Kier alpha value is -3.16. The van der Waals surface area contributed by atoms with Crippen molar-refractivity contribution in [3.05, 3.63) is 36.2 Å². The van der Waals surface area contributed by atoms with Crippen molar-refractivity contribution in [1.29, 1.82) is 0 Å². The van der Waals surface area contributed by atoms with E-state index < -0.39 is 12.1 Å². The summed E-state index contributed by atoms with van der Waals surface area (Å²) < 4.78 is 12.9. The summed E-state index contributed by atoms with van der Waals surface area (Å²) in [5.74, 6) is -0.167. The van der Waals surface area contributed by atoms with Gasteiger partial charge in [-0.25, -0.2) is 14.5 Å². The largest absolute Gasteiger partial charge is 0.463 e. The van der Waals surface area contributed by atoms with E-state index in [4.69, 9.17) is 9.15 Å². The van der Waals surface area contributed by atoms with E-state index in [2.05, 4.69) is 17.0 Å². The molecule has 4 heterocycles. The van der Waals surface area contributed by atoms with E-state index in [0.29, 0.717) is 34.6 Å². The molecule has 1 aliphatic rings. The molecular formula is C24H30N4O4. The molecule has 3 aromatic heterocycles. The number of rotatable bonds is 6. The number of pyridine rings is 1. The first-order chi connectivity index (χ1) is 15.4. The summed E-state index contributed by atoms with van der Waals surface area (Å²) in [4.78, 5) is 32.8. The number of piperidine rings is 1. The molecule has 8 heteroatoms. The second-order valence-corrected chi connectivity index (χ2v) is 8.59. The highest BCUT2D eigenvalue weighted by Gasteiger charge is 2.31. The third-order valence-corrected chi connectivity index (χ3v) is 6.06. The third kappa shape index (κ3) is 4.13. The zero-order valence-corrected chi connectivity index (χ0v) is 19.1. The van der Waals surface area contributed by atoms with E-state index in [1.807, 2.05) is 18.7 Å². The van der Waals surface area contributed by atoms with Gasteiger partial charge in [-0.2, -0.15) is 5.10 Å². The Morgan fingerprint density at radius 1 is 1.28 bits per heavy atom. The van der Waals surface area contributed by atoms with Crippen LogP contribution in [0.2, 0.25) is 0 Å². The first-order valence-electron chi connectivity index (χ1n) is 11.3.